The van der Waals surface area contributed by atoms with E-state index in [9.17, 15) is 13.3 Å². The molecule has 0 aliphatic rings. The zero-order valence-electron chi connectivity index (χ0n) is 15.8. The van der Waals surface area contributed by atoms with E-state index >= 15 is 0 Å². The van der Waals surface area contributed by atoms with Crippen LogP contribution in [0.1, 0.15) is 26.6 Å². The minimum Gasteiger partial charge on any atom is -1.00 e. The third kappa shape index (κ3) is 5.61. The van der Waals surface area contributed by atoms with Gasteiger partial charge >= 0.3 is 72.4 Å². The van der Waals surface area contributed by atoms with Crippen molar-refractivity contribution in [2.45, 2.75) is 17.3 Å². The summed E-state index contributed by atoms with van der Waals surface area (Å²) in [5, 5.41) is 0. The molecule has 0 saturated heterocycles. The van der Waals surface area contributed by atoms with Gasteiger partial charge in [-0.1, -0.05) is 34.1 Å². The van der Waals surface area contributed by atoms with Gasteiger partial charge in [0.15, 0.2) is 0 Å². The van der Waals surface area contributed by atoms with Crippen molar-refractivity contribution >= 4 is 36.2 Å². The molecule has 2 N–H and O–H groups in total. The van der Waals surface area contributed by atoms with Gasteiger partial charge in [-0.2, -0.15) is 21.4 Å². The smallest absolute Gasteiger partial charge is 1.00 e. The third-order valence-electron chi connectivity index (χ3n) is 3.38. The second-order valence-corrected chi connectivity index (χ2v) is 8.47. The van der Waals surface area contributed by atoms with E-state index in [1.165, 1.54) is 12.1 Å². The summed E-state index contributed by atoms with van der Waals surface area (Å²) in [6.07, 6.45) is 1.59. The van der Waals surface area contributed by atoms with Crippen LogP contribution in [0.3, 0.4) is 0 Å². The summed E-state index contributed by atoms with van der Waals surface area (Å²) in [6, 6.07) is 8.97. The van der Waals surface area contributed by atoms with Crippen LogP contribution < -0.4 is 59.1 Å². The summed E-state index contributed by atoms with van der Waals surface area (Å²) >= 11 is 7.52. The number of hydrogen-bond donors (Lipinski definition) is 3. The van der Waals surface area contributed by atoms with Crippen molar-refractivity contribution in [2.24, 2.45) is 0 Å². The Bertz CT molecular complexity index is 788. The molecule has 4 nitrogen and oxygen atoms in total. The SMILES string of the molecule is CC(S)(c1ccc(C(F)(F)P(=O)(O)O)c(Br)c1)c1ccccn1.[H-].[H-].[Na+].[Na+]. The number of aromatic nitrogens is 1. The predicted molar refractivity (Wildman–Crippen MR) is 92.0 cm³/mol. The number of pyridine rings is 1. The van der Waals surface area contributed by atoms with E-state index in [2.05, 4.69) is 33.5 Å². The maximum atomic E-state index is 13.9. The monoisotopic (exact) mass is 471 g/mol. The first kappa shape index (κ1) is 26.2. The molecule has 0 aliphatic heterocycles. The molecule has 0 saturated carbocycles. The Kier molecular flexibility index (Phi) is 10.1. The number of rotatable bonds is 4. The topological polar surface area (TPSA) is 70.4 Å². The Labute approximate surface area is 205 Å². The molecule has 128 valence electrons. The Balaban J connectivity index is -0.00000144. The standard InChI is InChI=1S/C14H13BrF2NO3PS.2Na.2H/c1-13(23,12-4-2-3-7-18-12)9-5-6-10(11(15)8-9)14(16,17)22(19,20)21;;;;/h2-8,23H,1H3,(H2,19,20,21);;;;/q;2*+1;2*-1. The molecule has 0 radical (unpaired) electrons. The third-order valence-corrected chi connectivity index (χ3v) is 5.50. The molecule has 1 atom stereocenters. The summed E-state index contributed by atoms with van der Waals surface area (Å²) in [7, 11) is -5.63. The zero-order valence-corrected chi connectivity index (χ0v) is 21.2. The van der Waals surface area contributed by atoms with E-state index in [0.29, 0.717) is 11.3 Å². The Hall–Kier alpha value is 1.21. The van der Waals surface area contributed by atoms with Crippen LogP contribution in [0.15, 0.2) is 47.1 Å². The fraction of sp³-hybridized carbons (Fsp3) is 0.214. The van der Waals surface area contributed by atoms with Crippen molar-refractivity contribution in [3.05, 3.63) is 63.9 Å². The largest absolute Gasteiger partial charge is 1.00 e. The van der Waals surface area contributed by atoms with Crippen molar-refractivity contribution in [3.8, 4) is 0 Å². The van der Waals surface area contributed by atoms with Gasteiger partial charge in [0, 0.05) is 16.2 Å². The van der Waals surface area contributed by atoms with E-state index in [-0.39, 0.29) is 66.4 Å². The number of benzene rings is 1. The van der Waals surface area contributed by atoms with Gasteiger partial charge in [0.1, 0.15) is 0 Å². The van der Waals surface area contributed by atoms with Gasteiger partial charge < -0.3 is 12.6 Å². The van der Waals surface area contributed by atoms with E-state index in [1.807, 2.05) is 0 Å². The second-order valence-electron chi connectivity index (χ2n) is 5.07. The summed E-state index contributed by atoms with van der Waals surface area (Å²) < 4.78 is 37.7. The molecular weight excluding hydrogens is 457 g/mol. The van der Waals surface area contributed by atoms with E-state index < -0.39 is 23.6 Å². The van der Waals surface area contributed by atoms with Crippen LogP contribution in [0.4, 0.5) is 8.78 Å². The molecule has 25 heavy (non-hydrogen) atoms. The molecule has 1 heterocycles. The van der Waals surface area contributed by atoms with Gasteiger partial charge in [-0.3, -0.25) is 9.55 Å². The van der Waals surface area contributed by atoms with Gasteiger partial charge in [-0.05, 0) is 30.7 Å². The average molecular weight is 472 g/mol. The normalized spacial score (nSPS) is 14.0. The van der Waals surface area contributed by atoms with Crippen molar-refractivity contribution in [2.75, 3.05) is 0 Å². The van der Waals surface area contributed by atoms with Crippen molar-refractivity contribution < 1.29 is 85.1 Å². The predicted octanol–water partition coefficient (Wildman–Crippen LogP) is -1.50. The van der Waals surface area contributed by atoms with Crippen LogP contribution in [0.5, 0.6) is 0 Å². The molecule has 0 bridgehead atoms. The van der Waals surface area contributed by atoms with Gasteiger partial charge in [0.2, 0.25) is 0 Å². The zero-order chi connectivity index (χ0) is 17.5. The number of alkyl halides is 2. The molecule has 1 aromatic carbocycles. The first-order chi connectivity index (χ1) is 10.5. The molecule has 0 fully saturated rings. The number of hydrogen-bond acceptors (Lipinski definition) is 3. The maximum absolute atomic E-state index is 13.9. The second kappa shape index (κ2) is 9.61. The Morgan fingerprint density at radius 1 is 1.24 bits per heavy atom. The minimum atomic E-state index is -5.63. The summed E-state index contributed by atoms with van der Waals surface area (Å²) in [5.41, 5.74) is -3.89. The summed E-state index contributed by atoms with van der Waals surface area (Å²) in [4.78, 5) is 21.9. The van der Waals surface area contributed by atoms with Crippen LogP contribution in [0.25, 0.3) is 0 Å². The fourth-order valence-electron chi connectivity index (χ4n) is 2.02. The summed E-state index contributed by atoms with van der Waals surface area (Å²) in [6.45, 7) is 1.75. The van der Waals surface area contributed by atoms with E-state index in [0.717, 1.165) is 6.07 Å². The maximum Gasteiger partial charge on any atom is 1.00 e. The van der Waals surface area contributed by atoms with Crippen molar-refractivity contribution in [3.63, 3.8) is 0 Å². The first-order valence-corrected chi connectivity index (χ1v) is 9.21. The molecule has 2 rings (SSSR count). The number of nitrogens with zero attached hydrogens (tertiary/aromatic N) is 1. The molecule has 0 spiro atoms. The van der Waals surface area contributed by atoms with Crippen LogP contribution in [-0.4, -0.2) is 14.8 Å². The molecule has 1 aromatic heterocycles. The van der Waals surface area contributed by atoms with Crippen molar-refractivity contribution in [1.82, 2.24) is 4.98 Å². The quantitative estimate of drug-likeness (QED) is 0.288. The number of halogens is 3. The number of thiol groups is 1. The van der Waals surface area contributed by atoms with Crippen LogP contribution in [0.2, 0.25) is 0 Å². The van der Waals surface area contributed by atoms with Crippen LogP contribution in [-0.2, 0) is 15.0 Å². The van der Waals surface area contributed by atoms with Crippen LogP contribution in [0, 0.1) is 0 Å². The summed E-state index contributed by atoms with van der Waals surface area (Å²) in [5.74, 6) is 0. The van der Waals surface area contributed by atoms with Crippen molar-refractivity contribution in [1.29, 1.82) is 0 Å². The van der Waals surface area contributed by atoms with Gasteiger partial charge in [0.05, 0.1) is 10.4 Å². The van der Waals surface area contributed by atoms with Gasteiger partial charge in [0.25, 0.3) is 0 Å². The fourth-order valence-corrected chi connectivity index (χ4v) is 3.58. The molecule has 0 amide bonds. The molecule has 2 aromatic rings. The molecule has 1 unspecified atom stereocenters. The molecular formula is C14H15BrF2NNa2O3PS. The van der Waals surface area contributed by atoms with E-state index in [1.54, 1.807) is 31.3 Å². The van der Waals surface area contributed by atoms with Crippen LogP contribution >= 0.6 is 36.2 Å². The minimum absolute atomic E-state index is 0. The Morgan fingerprint density at radius 2 is 1.84 bits per heavy atom. The van der Waals surface area contributed by atoms with Gasteiger partial charge in [-0.15, -0.1) is 0 Å². The molecule has 11 heteroatoms. The average Bonchev–Trinajstić information content (AvgIpc) is 2.46. The molecule has 0 aliphatic carbocycles. The Morgan fingerprint density at radius 3 is 2.28 bits per heavy atom. The first-order valence-electron chi connectivity index (χ1n) is 6.36. The van der Waals surface area contributed by atoms with E-state index in [4.69, 9.17) is 9.79 Å². The van der Waals surface area contributed by atoms with Gasteiger partial charge in [-0.25, -0.2) is 0 Å².